The summed E-state index contributed by atoms with van der Waals surface area (Å²) in [6.07, 6.45) is 3.60. The molecule has 0 aliphatic heterocycles. The van der Waals surface area contributed by atoms with E-state index >= 15 is 0 Å². The summed E-state index contributed by atoms with van der Waals surface area (Å²) in [5.41, 5.74) is 5.04. The molecular weight excluding hydrogens is 216 g/mol. The van der Waals surface area contributed by atoms with Crippen LogP contribution in [0.2, 0.25) is 0 Å². The van der Waals surface area contributed by atoms with Crippen molar-refractivity contribution in [3.8, 4) is 0 Å². The zero-order valence-electron chi connectivity index (χ0n) is 13.4. The highest BCUT2D eigenvalue weighted by atomic mass is 14.3. The Labute approximate surface area is 114 Å². The fraction of sp³-hybridized carbons (Fsp3) is 0.667. The number of rotatable bonds is 4. The van der Waals surface area contributed by atoms with Crippen molar-refractivity contribution < 1.29 is 0 Å². The molecule has 0 fully saturated rings. The van der Waals surface area contributed by atoms with Gasteiger partial charge in [0.25, 0.3) is 0 Å². The third-order valence-corrected chi connectivity index (χ3v) is 4.04. The predicted octanol–water partition coefficient (Wildman–Crippen LogP) is 5.62. The van der Waals surface area contributed by atoms with Crippen LogP contribution >= 0.6 is 0 Å². The third-order valence-electron chi connectivity index (χ3n) is 4.04. The maximum absolute atomic E-state index is 2.45. The monoisotopic (exact) mass is 246 g/mol. The van der Waals surface area contributed by atoms with Crippen molar-refractivity contribution in [2.75, 3.05) is 0 Å². The molecule has 0 N–H and O–H groups in total. The molecule has 0 aliphatic rings. The van der Waals surface area contributed by atoms with Gasteiger partial charge in [0, 0.05) is 0 Å². The topological polar surface area (TPSA) is 0 Å². The van der Waals surface area contributed by atoms with Crippen LogP contribution in [-0.4, -0.2) is 0 Å². The second-order valence-electron chi connectivity index (χ2n) is 7.12. The largest absolute Gasteiger partial charge is 0.0651 e. The SMILES string of the molecule is CCCc1ccc(C(C)(C)C)c(C(C)(C)CC)c1. The average Bonchev–Trinajstić information content (AvgIpc) is 2.28. The van der Waals surface area contributed by atoms with Gasteiger partial charge >= 0.3 is 0 Å². The van der Waals surface area contributed by atoms with Gasteiger partial charge in [0.15, 0.2) is 0 Å². The summed E-state index contributed by atoms with van der Waals surface area (Å²) in [7, 11) is 0. The molecule has 0 amide bonds. The van der Waals surface area contributed by atoms with Crippen LogP contribution in [0.5, 0.6) is 0 Å². The Bertz CT molecular complexity index is 391. The van der Waals surface area contributed by atoms with Gasteiger partial charge in [-0.05, 0) is 40.4 Å². The van der Waals surface area contributed by atoms with E-state index in [2.05, 4.69) is 66.7 Å². The summed E-state index contributed by atoms with van der Waals surface area (Å²) in [4.78, 5) is 0. The molecule has 1 aromatic rings. The molecule has 0 aromatic heterocycles. The van der Waals surface area contributed by atoms with E-state index in [1.165, 1.54) is 30.4 Å². The fourth-order valence-corrected chi connectivity index (χ4v) is 2.44. The van der Waals surface area contributed by atoms with Crippen molar-refractivity contribution in [3.63, 3.8) is 0 Å². The molecule has 0 saturated carbocycles. The zero-order chi connectivity index (χ0) is 14.0. The van der Waals surface area contributed by atoms with Crippen molar-refractivity contribution in [2.24, 2.45) is 0 Å². The van der Waals surface area contributed by atoms with Crippen molar-refractivity contribution in [1.29, 1.82) is 0 Å². The van der Waals surface area contributed by atoms with Crippen LogP contribution in [0.25, 0.3) is 0 Å². The van der Waals surface area contributed by atoms with E-state index in [-0.39, 0.29) is 10.8 Å². The minimum atomic E-state index is 0.229. The van der Waals surface area contributed by atoms with E-state index in [1.807, 2.05) is 0 Å². The lowest BCUT2D eigenvalue weighted by Crippen LogP contribution is -2.24. The van der Waals surface area contributed by atoms with Crippen molar-refractivity contribution in [3.05, 3.63) is 34.9 Å². The normalized spacial score (nSPS) is 12.8. The van der Waals surface area contributed by atoms with Crippen molar-refractivity contribution >= 4 is 0 Å². The van der Waals surface area contributed by atoms with Crippen LogP contribution in [-0.2, 0) is 17.3 Å². The van der Waals surface area contributed by atoms with Gasteiger partial charge < -0.3 is 0 Å². The molecule has 1 aromatic carbocycles. The molecule has 0 nitrogen and oxygen atoms in total. The minimum absolute atomic E-state index is 0.229. The van der Waals surface area contributed by atoms with Gasteiger partial charge in [-0.2, -0.15) is 0 Å². The van der Waals surface area contributed by atoms with Crippen LogP contribution in [0, 0.1) is 0 Å². The Morgan fingerprint density at radius 1 is 0.889 bits per heavy atom. The molecule has 0 saturated heterocycles. The first-order valence-corrected chi connectivity index (χ1v) is 7.36. The van der Waals surface area contributed by atoms with E-state index in [0.29, 0.717) is 0 Å². The Kier molecular flexibility index (Phi) is 4.64. The number of aryl methyl sites for hydroxylation is 1. The molecule has 0 aliphatic carbocycles. The summed E-state index contributed by atoms with van der Waals surface area (Å²) in [5, 5.41) is 0. The lowest BCUT2D eigenvalue weighted by molar-refractivity contribution is 0.479. The summed E-state index contributed by atoms with van der Waals surface area (Å²) < 4.78 is 0. The van der Waals surface area contributed by atoms with Gasteiger partial charge in [-0.25, -0.2) is 0 Å². The first-order valence-electron chi connectivity index (χ1n) is 7.36. The molecule has 0 atom stereocenters. The molecule has 0 spiro atoms. The highest BCUT2D eigenvalue weighted by molar-refractivity contribution is 5.41. The third kappa shape index (κ3) is 3.37. The van der Waals surface area contributed by atoms with E-state index < -0.39 is 0 Å². The van der Waals surface area contributed by atoms with Gasteiger partial charge in [0.1, 0.15) is 0 Å². The minimum Gasteiger partial charge on any atom is -0.0651 e. The highest BCUT2D eigenvalue weighted by Gasteiger charge is 2.27. The molecule has 1 rings (SSSR count). The van der Waals surface area contributed by atoms with Crippen LogP contribution in [0.3, 0.4) is 0 Å². The zero-order valence-corrected chi connectivity index (χ0v) is 13.4. The van der Waals surface area contributed by atoms with Gasteiger partial charge in [0.2, 0.25) is 0 Å². The smallest absolute Gasteiger partial charge is 0.0103 e. The second-order valence-corrected chi connectivity index (χ2v) is 7.12. The molecule has 18 heavy (non-hydrogen) atoms. The first-order chi connectivity index (χ1) is 8.22. The number of benzene rings is 1. The van der Waals surface area contributed by atoms with Gasteiger partial charge in [-0.1, -0.05) is 73.1 Å². The molecule has 0 heterocycles. The fourth-order valence-electron chi connectivity index (χ4n) is 2.44. The van der Waals surface area contributed by atoms with E-state index in [9.17, 15) is 0 Å². The van der Waals surface area contributed by atoms with E-state index in [1.54, 1.807) is 5.56 Å². The maximum Gasteiger partial charge on any atom is -0.0103 e. The van der Waals surface area contributed by atoms with Crippen molar-refractivity contribution in [2.45, 2.75) is 78.6 Å². The first kappa shape index (κ1) is 15.3. The standard InChI is InChI=1S/C18H30/c1-8-10-14-11-12-15(17(3,4)5)16(13-14)18(6,7)9-2/h11-13H,8-10H2,1-7H3. The summed E-state index contributed by atoms with van der Waals surface area (Å²) >= 11 is 0. The van der Waals surface area contributed by atoms with E-state index in [4.69, 9.17) is 0 Å². The molecule has 102 valence electrons. The van der Waals surface area contributed by atoms with Crippen LogP contribution in [0.1, 0.15) is 78.0 Å². The van der Waals surface area contributed by atoms with Gasteiger partial charge in [-0.3, -0.25) is 0 Å². The molecule has 0 heteroatoms. The summed E-state index contributed by atoms with van der Waals surface area (Å²) in [5.74, 6) is 0. The molecule has 0 radical (unpaired) electrons. The second kappa shape index (κ2) is 5.47. The maximum atomic E-state index is 2.45. The Hall–Kier alpha value is -0.780. The Morgan fingerprint density at radius 3 is 1.94 bits per heavy atom. The average molecular weight is 246 g/mol. The number of hydrogen-bond acceptors (Lipinski definition) is 0. The summed E-state index contributed by atoms with van der Waals surface area (Å²) in [6.45, 7) is 16.2. The molecule has 0 unspecified atom stereocenters. The van der Waals surface area contributed by atoms with Crippen molar-refractivity contribution in [1.82, 2.24) is 0 Å². The van der Waals surface area contributed by atoms with E-state index in [0.717, 1.165) is 0 Å². The lowest BCUT2D eigenvalue weighted by atomic mass is 9.72. The van der Waals surface area contributed by atoms with Gasteiger partial charge in [-0.15, -0.1) is 0 Å². The molecule has 0 bridgehead atoms. The Balaban J connectivity index is 3.36. The Morgan fingerprint density at radius 2 is 1.50 bits per heavy atom. The van der Waals surface area contributed by atoms with Crippen LogP contribution in [0.4, 0.5) is 0 Å². The van der Waals surface area contributed by atoms with Gasteiger partial charge in [0.05, 0.1) is 0 Å². The summed E-state index contributed by atoms with van der Waals surface area (Å²) in [6, 6.07) is 7.13. The van der Waals surface area contributed by atoms with Crippen LogP contribution < -0.4 is 0 Å². The lowest BCUT2D eigenvalue weighted by Gasteiger charge is -2.32. The quantitative estimate of drug-likeness (QED) is 0.646. The predicted molar refractivity (Wildman–Crippen MR) is 82.5 cm³/mol. The number of hydrogen-bond donors (Lipinski definition) is 0. The van der Waals surface area contributed by atoms with Crippen LogP contribution in [0.15, 0.2) is 18.2 Å². The highest BCUT2D eigenvalue weighted by Crippen LogP contribution is 2.36. The molecular formula is C18H30.